The highest BCUT2D eigenvalue weighted by molar-refractivity contribution is 5.79. The normalized spacial score (nSPS) is 11.3. The SMILES string of the molecule is CCCCCCOC(=O)CCCC(N)(N)C(=O)OCCCCCC. The van der Waals surface area contributed by atoms with E-state index in [0.29, 0.717) is 19.6 Å². The molecule has 142 valence electrons. The van der Waals surface area contributed by atoms with E-state index >= 15 is 0 Å². The van der Waals surface area contributed by atoms with Gasteiger partial charge in [0.2, 0.25) is 0 Å². The van der Waals surface area contributed by atoms with Gasteiger partial charge in [0, 0.05) is 6.42 Å². The predicted molar refractivity (Wildman–Crippen MR) is 95.2 cm³/mol. The molecule has 0 unspecified atom stereocenters. The zero-order valence-corrected chi connectivity index (χ0v) is 15.5. The van der Waals surface area contributed by atoms with Crippen LogP contribution in [0.25, 0.3) is 0 Å². The fourth-order valence-corrected chi connectivity index (χ4v) is 2.24. The molecule has 0 aromatic carbocycles. The Morgan fingerprint density at radius 3 is 1.88 bits per heavy atom. The van der Waals surface area contributed by atoms with E-state index in [0.717, 1.165) is 51.4 Å². The molecule has 24 heavy (non-hydrogen) atoms. The van der Waals surface area contributed by atoms with Crippen molar-refractivity contribution < 1.29 is 19.1 Å². The molecule has 0 spiro atoms. The van der Waals surface area contributed by atoms with E-state index in [9.17, 15) is 9.59 Å². The van der Waals surface area contributed by atoms with E-state index in [4.69, 9.17) is 20.9 Å². The van der Waals surface area contributed by atoms with Gasteiger partial charge in [0.25, 0.3) is 0 Å². The zero-order valence-electron chi connectivity index (χ0n) is 15.5. The van der Waals surface area contributed by atoms with Gasteiger partial charge in [-0.1, -0.05) is 52.4 Å². The second-order valence-electron chi connectivity index (χ2n) is 6.37. The number of nitrogens with two attached hydrogens (primary N) is 2. The molecule has 6 nitrogen and oxygen atoms in total. The molecule has 0 saturated carbocycles. The molecule has 0 aromatic heterocycles. The molecule has 6 heteroatoms. The minimum absolute atomic E-state index is 0.200. The van der Waals surface area contributed by atoms with Crippen LogP contribution in [0.15, 0.2) is 0 Å². The Morgan fingerprint density at radius 2 is 1.33 bits per heavy atom. The number of carbonyl (C=O) groups excluding carboxylic acids is 2. The molecule has 0 aromatic rings. The summed E-state index contributed by atoms with van der Waals surface area (Å²) in [4.78, 5) is 23.4. The lowest BCUT2D eigenvalue weighted by molar-refractivity contribution is -0.151. The lowest BCUT2D eigenvalue weighted by Gasteiger charge is -2.22. The largest absolute Gasteiger partial charge is 0.466 e. The molecule has 0 radical (unpaired) electrons. The van der Waals surface area contributed by atoms with Gasteiger partial charge < -0.3 is 20.9 Å². The van der Waals surface area contributed by atoms with Gasteiger partial charge in [-0.25, -0.2) is 4.79 Å². The fourth-order valence-electron chi connectivity index (χ4n) is 2.24. The fraction of sp³-hybridized carbons (Fsp3) is 0.889. The van der Waals surface area contributed by atoms with Crippen molar-refractivity contribution in [1.29, 1.82) is 0 Å². The molecule has 0 saturated heterocycles. The predicted octanol–water partition coefficient (Wildman–Crippen LogP) is 3.02. The van der Waals surface area contributed by atoms with Crippen LogP contribution in [-0.4, -0.2) is 30.8 Å². The Hall–Kier alpha value is -1.14. The average Bonchev–Trinajstić information content (AvgIpc) is 2.54. The van der Waals surface area contributed by atoms with E-state index in [1.807, 2.05) is 0 Å². The second kappa shape index (κ2) is 14.2. The van der Waals surface area contributed by atoms with Crippen molar-refractivity contribution in [3.63, 3.8) is 0 Å². The van der Waals surface area contributed by atoms with Crippen LogP contribution >= 0.6 is 0 Å². The van der Waals surface area contributed by atoms with Gasteiger partial charge in [-0.3, -0.25) is 4.79 Å². The minimum atomic E-state index is -1.54. The highest BCUT2D eigenvalue weighted by Crippen LogP contribution is 2.10. The lowest BCUT2D eigenvalue weighted by Crippen LogP contribution is -2.57. The third-order valence-corrected chi connectivity index (χ3v) is 3.84. The number of unbranched alkanes of at least 4 members (excludes halogenated alkanes) is 6. The van der Waals surface area contributed by atoms with Crippen molar-refractivity contribution >= 4 is 11.9 Å². The first-order valence-corrected chi connectivity index (χ1v) is 9.34. The Labute approximate surface area is 146 Å². The topological polar surface area (TPSA) is 105 Å². The molecule has 0 aliphatic heterocycles. The van der Waals surface area contributed by atoms with Crippen molar-refractivity contribution in [1.82, 2.24) is 0 Å². The third-order valence-electron chi connectivity index (χ3n) is 3.84. The smallest absolute Gasteiger partial charge is 0.340 e. The first-order valence-electron chi connectivity index (χ1n) is 9.34. The van der Waals surface area contributed by atoms with Crippen molar-refractivity contribution in [2.45, 2.75) is 90.1 Å². The first-order chi connectivity index (χ1) is 11.4. The molecule has 0 rings (SSSR count). The number of hydrogen-bond donors (Lipinski definition) is 2. The Balaban J connectivity index is 3.77. The molecule has 0 fully saturated rings. The van der Waals surface area contributed by atoms with Crippen LogP contribution in [0.2, 0.25) is 0 Å². The van der Waals surface area contributed by atoms with Crippen LogP contribution in [0.3, 0.4) is 0 Å². The summed E-state index contributed by atoms with van der Waals surface area (Å²) < 4.78 is 10.2. The van der Waals surface area contributed by atoms with Crippen molar-refractivity contribution in [3.05, 3.63) is 0 Å². The summed E-state index contributed by atoms with van der Waals surface area (Å²) >= 11 is 0. The summed E-state index contributed by atoms with van der Waals surface area (Å²) in [6.45, 7) is 5.05. The molecule has 0 heterocycles. The van der Waals surface area contributed by atoms with Gasteiger partial charge in [0.05, 0.1) is 13.2 Å². The van der Waals surface area contributed by atoms with Crippen LogP contribution in [0.5, 0.6) is 0 Å². The van der Waals surface area contributed by atoms with E-state index in [1.54, 1.807) is 0 Å². The van der Waals surface area contributed by atoms with Crippen LogP contribution in [0, 0.1) is 0 Å². The molecule has 0 atom stereocenters. The molecule has 0 aliphatic carbocycles. The second-order valence-corrected chi connectivity index (χ2v) is 6.37. The molecule has 4 N–H and O–H groups in total. The van der Waals surface area contributed by atoms with Crippen LogP contribution in [0.1, 0.15) is 84.5 Å². The van der Waals surface area contributed by atoms with Gasteiger partial charge in [-0.2, -0.15) is 0 Å². The van der Waals surface area contributed by atoms with E-state index < -0.39 is 11.6 Å². The summed E-state index contributed by atoms with van der Waals surface area (Å²) in [5.74, 6) is -0.873. The summed E-state index contributed by atoms with van der Waals surface area (Å²) in [6, 6.07) is 0. The van der Waals surface area contributed by atoms with Crippen LogP contribution in [-0.2, 0) is 19.1 Å². The summed E-state index contributed by atoms with van der Waals surface area (Å²) in [7, 11) is 0. The first kappa shape index (κ1) is 22.9. The number of ether oxygens (including phenoxy) is 2. The summed E-state index contributed by atoms with van der Waals surface area (Å²) in [5.41, 5.74) is 10.1. The van der Waals surface area contributed by atoms with Crippen molar-refractivity contribution in [2.75, 3.05) is 13.2 Å². The highest BCUT2D eigenvalue weighted by atomic mass is 16.5. The number of esters is 2. The molecule has 0 aliphatic rings. The maximum Gasteiger partial charge on any atom is 0.340 e. The molecule has 0 amide bonds. The van der Waals surface area contributed by atoms with Gasteiger partial charge >= 0.3 is 11.9 Å². The number of rotatable bonds is 15. The Kier molecular flexibility index (Phi) is 13.5. The summed E-state index contributed by atoms with van der Waals surface area (Å²) in [5, 5.41) is 0. The minimum Gasteiger partial charge on any atom is -0.466 e. The number of carbonyl (C=O) groups is 2. The van der Waals surface area contributed by atoms with Gasteiger partial charge in [-0.05, 0) is 25.7 Å². The van der Waals surface area contributed by atoms with E-state index in [-0.39, 0.29) is 18.8 Å². The third kappa shape index (κ3) is 12.3. The van der Waals surface area contributed by atoms with Gasteiger partial charge in [0.15, 0.2) is 5.66 Å². The Morgan fingerprint density at radius 1 is 0.792 bits per heavy atom. The maximum atomic E-state index is 11.9. The van der Waals surface area contributed by atoms with E-state index in [1.165, 1.54) is 0 Å². The Bertz CT molecular complexity index is 346. The maximum absolute atomic E-state index is 11.9. The standard InChI is InChI=1S/C18H36N2O4/c1-3-5-7-9-14-23-16(21)12-11-13-18(19,20)17(22)24-15-10-8-6-4-2/h3-15,19-20H2,1-2H3. The van der Waals surface area contributed by atoms with Gasteiger partial charge in [-0.15, -0.1) is 0 Å². The van der Waals surface area contributed by atoms with Crippen molar-refractivity contribution in [2.24, 2.45) is 11.5 Å². The molecular formula is C18H36N2O4. The van der Waals surface area contributed by atoms with E-state index in [2.05, 4.69) is 13.8 Å². The molecular weight excluding hydrogens is 308 g/mol. The monoisotopic (exact) mass is 344 g/mol. The molecule has 0 bridgehead atoms. The van der Waals surface area contributed by atoms with Crippen LogP contribution < -0.4 is 11.5 Å². The van der Waals surface area contributed by atoms with Crippen molar-refractivity contribution in [3.8, 4) is 0 Å². The quantitative estimate of drug-likeness (QED) is 0.269. The van der Waals surface area contributed by atoms with Gasteiger partial charge in [0.1, 0.15) is 0 Å². The van der Waals surface area contributed by atoms with Crippen LogP contribution in [0.4, 0.5) is 0 Å². The summed E-state index contributed by atoms with van der Waals surface area (Å²) in [6.07, 6.45) is 9.18. The lowest BCUT2D eigenvalue weighted by atomic mass is 10.0. The highest BCUT2D eigenvalue weighted by Gasteiger charge is 2.30. The number of hydrogen-bond acceptors (Lipinski definition) is 6. The average molecular weight is 344 g/mol. The zero-order chi connectivity index (χ0) is 18.3.